The van der Waals surface area contributed by atoms with Crippen molar-refractivity contribution in [2.45, 2.75) is 44.2 Å². The summed E-state index contributed by atoms with van der Waals surface area (Å²) in [4.78, 5) is 28.8. The molecule has 166 valence electrons. The van der Waals surface area contributed by atoms with Crippen LogP contribution in [-0.4, -0.2) is 29.4 Å². The number of aromatic nitrogens is 1. The van der Waals surface area contributed by atoms with Gasteiger partial charge in [-0.15, -0.1) is 0 Å². The van der Waals surface area contributed by atoms with Gasteiger partial charge in [-0.3, -0.25) is 14.6 Å². The lowest BCUT2D eigenvalue weighted by Crippen LogP contribution is -2.44. The van der Waals surface area contributed by atoms with Crippen LogP contribution in [0.2, 0.25) is 0 Å². The van der Waals surface area contributed by atoms with Crippen LogP contribution >= 0.6 is 0 Å². The molecule has 1 saturated heterocycles. The van der Waals surface area contributed by atoms with E-state index >= 15 is 0 Å². The molecule has 0 saturated carbocycles. The lowest BCUT2D eigenvalue weighted by Gasteiger charge is -2.29. The summed E-state index contributed by atoms with van der Waals surface area (Å²) in [6.45, 7) is 0.429. The predicted molar refractivity (Wildman–Crippen MR) is 120 cm³/mol. The molecule has 3 aromatic rings. The number of amides is 2. The molecular formula is C25H26FN3O3. The van der Waals surface area contributed by atoms with E-state index in [4.69, 9.17) is 4.74 Å². The average molecular weight is 435 g/mol. The molecule has 0 aliphatic carbocycles. The molecule has 1 aliphatic heterocycles. The van der Waals surface area contributed by atoms with Gasteiger partial charge in [0.25, 0.3) is 0 Å². The number of rotatable bonds is 8. The van der Waals surface area contributed by atoms with E-state index in [1.54, 1.807) is 18.3 Å². The lowest BCUT2D eigenvalue weighted by molar-refractivity contribution is -0.122. The van der Waals surface area contributed by atoms with Crippen LogP contribution in [0.4, 0.5) is 4.39 Å². The Morgan fingerprint density at radius 3 is 2.84 bits per heavy atom. The van der Waals surface area contributed by atoms with Gasteiger partial charge in [-0.1, -0.05) is 18.2 Å². The maximum Gasteiger partial charge on any atom is 0.220 e. The highest BCUT2D eigenvalue weighted by atomic mass is 19.1. The fourth-order valence-corrected chi connectivity index (χ4v) is 4.26. The minimum absolute atomic E-state index is 0.0238. The second-order valence-corrected chi connectivity index (χ2v) is 8.28. The van der Waals surface area contributed by atoms with Crippen molar-refractivity contribution < 1.29 is 18.7 Å². The fourth-order valence-electron chi connectivity index (χ4n) is 4.26. The summed E-state index contributed by atoms with van der Waals surface area (Å²) in [6, 6.07) is 14.5. The minimum atomic E-state index is -0.522. The summed E-state index contributed by atoms with van der Waals surface area (Å²) in [5, 5.41) is 7.05. The minimum Gasteiger partial charge on any atom is -0.494 e. The van der Waals surface area contributed by atoms with Crippen molar-refractivity contribution in [1.82, 2.24) is 15.6 Å². The summed E-state index contributed by atoms with van der Waals surface area (Å²) in [5.41, 5.74) is 2.25. The SMILES string of the molecule is COc1cc(CC2(CCC(=O)NCc3ccc4ncccc4c3)CCC(=O)N2)ccc1F. The van der Waals surface area contributed by atoms with E-state index in [9.17, 15) is 14.0 Å². The molecule has 4 rings (SSSR count). The van der Waals surface area contributed by atoms with Crippen LogP contribution in [0, 0.1) is 5.82 Å². The molecule has 1 aliphatic rings. The third-order valence-corrected chi connectivity index (χ3v) is 5.98. The van der Waals surface area contributed by atoms with E-state index in [-0.39, 0.29) is 24.0 Å². The second-order valence-electron chi connectivity index (χ2n) is 8.28. The molecule has 1 unspecified atom stereocenters. The van der Waals surface area contributed by atoms with E-state index in [0.717, 1.165) is 22.0 Å². The first-order chi connectivity index (χ1) is 15.5. The summed E-state index contributed by atoms with van der Waals surface area (Å²) in [6.07, 6.45) is 4.12. The van der Waals surface area contributed by atoms with Crippen molar-refractivity contribution in [1.29, 1.82) is 0 Å². The topological polar surface area (TPSA) is 80.3 Å². The van der Waals surface area contributed by atoms with Gasteiger partial charge in [-0.2, -0.15) is 0 Å². The molecule has 2 amide bonds. The first-order valence-electron chi connectivity index (χ1n) is 10.7. The number of nitrogens with one attached hydrogen (secondary N) is 2. The Bertz CT molecular complexity index is 1150. The zero-order chi connectivity index (χ0) is 22.6. The lowest BCUT2D eigenvalue weighted by atomic mass is 9.85. The van der Waals surface area contributed by atoms with E-state index in [0.29, 0.717) is 32.2 Å². The number of fused-ring (bicyclic) bond motifs is 1. The predicted octanol–water partition coefficient (Wildman–Crippen LogP) is 3.67. The smallest absolute Gasteiger partial charge is 0.220 e. The first-order valence-corrected chi connectivity index (χ1v) is 10.7. The summed E-state index contributed by atoms with van der Waals surface area (Å²) in [7, 11) is 1.42. The number of hydrogen-bond donors (Lipinski definition) is 2. The number of carbonyl (C=O) groups is 2. The number of methoxy groups -OCH3 is 1. The highest BCUT2D eigenvalue weighted by Crippen LogP contribution is 2.31. The molecule has 0 bridgehead atoms. The molecule has 0 spiro atoms. The summed E-state index contributed by atoms with van der Waals surface area (Å²) >= 11 is 0. The van der Waals surface area contributed by atoms with Crippen LogP contribution in [0.25, 0.3) is 10.9 Å². The van der Waals surface area contributed by atoms with Gasteiger partial charge in [0.15, 0.2) is 11.6 Å². The normalized spacial score (nSPS) is 17.9. The Balaban J connectivity index is 1.37. The third kappa shape index (κ3) is 5.04. The number of halogens is 1. The van der Waals surface area contributed by atoms with Crippen molar-refractivity contribution in [2.75, 3.05) is 7.11 Å². The van der Waals surface area contributed by atoms with Gasteiger partial charge < -0.3 is 15.4 Å². The molecule has 6 nitrogen and oxygen atoms in total. The van der Waals surface area contributed by atoms with Crippen molar-refractivity contribution in [3.63, 3.8) is 0 Å². The number of hydrogen-bond acceptors (Lipinski definition) is 4. The van der Waals surface area contributed by atoms with E-state index in [2.05, 4.69) is 15.6 Å². The zero-order valence-corrected chi connectivity index (χ0v) is 18.0. The highest BCUT2D eigenvalue weighted by Gasteiger charge is 2.38. The van der Waals surface area contributed by atoms with Gasteiger partial charge in [0.05, 0.1) is 12.6 Å². The summed E-state index contributed by atoms with van der Waals surface area (Å²) in [5.74, 6) is -0.354. The van der Waals surface area contributed by atoms with Crippen molar-refractivity contribution >= 4 is 22.7 Å². The first kappa shape index (κ1) is 21.7. The fraction of sp³-hybridized carbons (Fsp3) is 0.320. The van der Waals surface area contributed by atoms with Crippen LogP contribution < -0.4 is 15.4 Å². The van der Waals surface area contributed by atoms with E-state index in [1.165, 1.54) is 13.2 Å². The van der Waals surface area contributed by atoms with Crippen molar-refractivity contribution in [3.05, 3.63) is 71.7 Å². The molecular weight excluding hydrogens is 409 g/mol. The van der Waals surface area contributed by atoms with E-state index in [1.807, 2.05) is 30.3 Å². The van der Waals surface area contributed by atoms with Crippen LogP contribution in [0.5, 0.6) is 5.75 Å². The number of pyridine rings is 1. The Morgan fingerprint density at radius 1 is 1.22 bits per heavy atom. The van der Waals surface area contributed by atoms with Gasteiger partial charge in [0, 0.05) is 36.5 Å². The molecule has 32 heavy (non-hydrogen) atoms. The van der Waals surface area contributed by atoms with Gasteiger partial charge in [0.2, 0.25) is 11.8 Å². The quantitative estimate of drug-likeness (QED) is 0.566. The largest absolute Gasteiger partial charge is 0.494 e. The Morgan fingerprint density at radius 2 is 2.06 bits per heavy atom. The Hall–Kier alpha value is -3.48. The molecule has 7 heteroatoms. The molecule has 1 fully saturated rings. The molecule has 2 N–H and O–H groups in total. The molecule has 1 aromatic heterocycles. The van der Waals surface area contributed by atoms with E-state index < -0.39 is 11.4 Å². The molecule has 1 atom stereocenters. The van der Waals surface area contributed by atoms with Gasteiger partial charge in [0.1, 0.15) is 0 Å². The van der Waals surface area contributed by atoms with Gasteiger partial charge in [-0.05, 0) is 60.7 Å². The Labute approximate surface area is 186 Å². The molecule has 2 heterocycles. The molecule has 2 aromatic carbocycles. The monoisotopic (exact) mass is 435 g/mol. The average Bonchev–Trinajstić information content (AvgIpc) is 3.17. The van der Waals surface area contributed by atoms with Crippen LogP contribution in [0.3, 0.4) is 0 Å². The molecule has 0 radical (unpaired) electrons. The standard InChI is InChI=1S/C25H26FN3O3/c1-32-22-14-17(4-6-20(22)26)15-25(11-9-24(31)29-25)10-8-23(30)28-16-18-5-7-21-19(13-18)3-2-12-27-21/h2-7,12-14H,8-11,15-16H2,1H3,(H,28,30)(H,29,31). The van der Waals surface area contributed by atoms with Gasteiger partial charge in [-0.25, -0.2) is 4.39 Å². The Kier molecular flexibility index (Phi) is 6.35. The number of carbonyl (C=O) groups excluding carboxylic acids is 2. The van der Waals surface area contributed by atoms with Crippen LogP contribution in [0.15, 0.2) is 54.7 Å². The van der Waals surface area contributed by atoms with Crippen LogP contribution in [0.1, 0.15) is 36.8 Å². The van der Waals surface area contributed by atoms with Gasteiger partial charge >= 0.3 is 0 Å². The number of ether oxygens (including phenoxy) is 1. The van der Waals surface area contributed by atoms with Crippen molar-refractivity contribution in [3.8, 4) is 5.75 Å². The zero-order valence-electron chi connectivity index (χ0n) is 18.0. The number of benzene rings is 2. The number of nitrogens with zero attached hydrogens (tertiary/aromatic N) is 1. The maximum atomic E-state index is 13.8. The second kappa shape index (κ2) is 9.34. The van der Waals surface area contributed by atoms with Crippen LogP contribution in [-0.2, 0) is 22.6 Å². The highest BCUT2D eigenvalue weighted by molar-refractivity contribution is 5.81. The summed E-state index contributed by atoms with van der Waals surface area (Å²) < 4.78 is 18.8. The maximum absolute atomic E-state index is 13.8. The van der Waals surface area contributed by atoms with Crippen molar-refractivity contribution in [2.24, 2.45) is 0 Å². The third-order valence-electron chi connectivity index (χ3n) is 5.98.